The van der Waals surface area contributed by atoms with Crippen molar-refractivity contribution in [1.29, 1.82) is 0 Å². The van der Waals surface area contributed by atoms with Gasteiger partial charge in [0, 0.05) is 12.7 Å². The monoisotopic (exact) mass is 344 g/mol. The molecule has 0 aliphatic carbocycles. The third kappa shape index (κ3) is 3.13. The van der Waals surface area contributed by atoms with Crippen LogP contribution in [0.15, 0.2) is 34.1 Å². The fraction of sp³-hybridized carbons (Fsp3) is 0.250. The molecule has 0 atom stereocenters. The van der Waals surface area contributed by atoms with E-state index in [9.17, 15) is 16.8 Å². The third-order valence-corrected chi connectivity index (χ3v) is 5.71. The van der Waals surface area contributed by atoms with Crippen molar-refractivity contribution in [2.45, 2.75) is 23.6 Å². The number of aromatic nitrogens is 2. The van der Waals surface area contributed by atoms with Gasteiger partial charge in [0.2, 0.25) is 10.0 Å². The van der Waals surface area contributed by atoms with Crippen LogP contribution >= 0.6 is 0 Å². The van der Waals surface area contributed by atoms with E-state index in [2.05, 4.69) is 9.82 Å². The lowest BCUT2D eigenvalue weighted by atomic mass is 10.3. The number of rotatable bonds is 4. The van der Waals surface area contributed by atoms with Crippen molar-refractivity contribution in [1.82, 2.24) is 9.78 Å². The van der Waals surface area contributed by atoms with Gasteiger partial charge in [-0.2, -0.15) is 5.10 Å². The van der Waals surface area contributed by atoms with Gasteiger partial charge in [0.05, 0.1) is 16.3 Å². The zero-order chi connectivity index (χ0) is 16.7. The molecule has 0 spiro atoms. The number of primary sulfonamides is 1. The Labute approximate surface area is 129 Å². The number of nitrogens with one attached hydrogen (secondary N) is 1. The molecular weight excluding hydrogens is 328 g/mol. The van der Waals surface area contributed by atoms with Crippen molar-refractivity contribution >= 4 is 25.7 Å². The van der Waals surface area contributed by atoms with Gasteiger partial charge in [-0.05, 0) is 38.1 Å². The van der Waals surface area contributed by atoms with Crippen LogP contribution in [0.2, 0.25) is 0 Å². The molecule has 0 saturated carbocycles. The van der Waals surface area contributed by atoms with Crippen molar-refractivity contribution in [3.8, 4) is 0 Å². The molecule has 8 nitrogen and oxygen atoms in total. The molecule has 0 fully saturated rings. The number of nitrogens with two attached hydrogens (primary N) is 1. The van der Waals surface area contributed by atoms with Gasteiger partial charge in [0.25, 0.3) is 10.0 Å². The Balaban J connectivity index is 2.37. The maximum absolute atomic E-state index is 12.4. The van der Waals surface area contributed by atoms with Crippen LogP contribution in [0, 0.1) is 13.8 Å². The van der Waals surface area contributed by atoms with E-state index in [1.807, 2.05) is 0 Å². The molecule has 2 aromatic rings. The largest absolute Gasteiger partial charge is 0.280 e. The first kappa shape index (κ1) is 16.5. The summed E-state index contributed by atoms with van der Waals surface area (Å²) in [5.74, 6) is 0. The van der Waals surface area contributed by atoms with E-state index in [1.54, 1.807) is 20.9 Å². The Kier molecular flexibility index (Phi) is 4.02. The van der Waals surface area contributed by atoms with E-state index < -0.39 is 20.0 Å². The highest BCUT2D eigenvalue weighted by Gasteiger charge is 2.23. The van der Waals surface area contributed by atoms with Gasteiger partial charge in [-0.25, -0.2) is 22.0 Å². The van der Waals surface area contributed by atoms with Gasteiger partial charge in [0.15, 0.2) is 0 Å². The summed E-state index contributed by atoms with van der Waals surface area (Å²) in [5, 5.41) is 9.06. The molecule has 120 valence electrons. The van der Waals surface area contributed by atoms with Crippen LogP contribution in [0.5, 0.6) is 0 Å². The molecule has 0 radical (unpaired) electrons. The Morgan fingerprint density at radius 1 is 1.09 bits per heavy atom. The number of anilines is 1. The Hall–Kier alpha value is -1.91. The molecule has 3 N–H and O–H groups in total. The van der Waals surface area contributed by atoms with Gasteiger partial charge in [-0.15, -0.1) is 0 Å². The fourth-order valence-corrected chi connectivity index (χ4v) is 4.08. The van der Waals surface area contributed by atoms with Gasteiger partial charge in [-0.3, -0.25) is 9.40 Å². The Bertz CT molecular complexity index is 913. The van der Waals surface area contributed by atoms with E-state index in [1.165, 1.54) is 28.9 Å². The minimum absolute atomic E-state index is 0.0933. The van der Waals surface area contributed by atoms with Crippen LogP contribution in [0.1, 0.15) is 11.4 Å². The summed E-state index contributed by atoms with van der Waals surface area (Å²) in [7, 11) is -5.98. The SMILES string of the molecule is Cc1nn(C)c(C)c1S(=O)(=O)Nc1ccc(S(N)(=O)=O)cc1. The highest BCUT2D eigenvalue weighted by atomic mass is 32.2. The average Bonchev–Trinajstić information content (AvgIpc) is 2.62. The molecule has 10 heteroatoms. The summed E-state index contributed by atoms with van der Waals surface area (Å²) < 4.78 is 51.1. The predicted octanol–water partition coefficient (Wildman–Crippen LogP) is 0.485. The van der Waals surface area contributed by atoms with Crippen molar-refractivity contribution in [3.63, 3.8) is 0 Å². The van der Waals surface area contributed by atoms with E-state index in [-0.39, 0.29) is 15.5 Å². The predicted molar refractivity (Wildman–Crippen MR) is 81.3 cm³/mol. The highest BCUT2D eigenvalue weighted by Crippen LogP contribution is 2.22. The van der Waals surface area contributed by atoms with Crippen LogP contribution in [0.3, 0.4) is 0 Å². The molecule has 0 bridgehead atoms. The summed E-state index contributed by atoms with van der Waals surface area (Å²) in [6.07, 6.45) is 0. The normalized spacial score (nSPS) is 12.4. The second-order valence-corrected chi connectivity index (χ2v) is 7.98. The van der Waals surface area contributed by atoms with E-state index in [4.69, 9.17) is 5.14 Å². The Morgan fingerprint density at radius 2 is 1.64 bits per heavy atom. The second-order valence-electron chi connectivity index (χ2n) is 4.80. The standard InChI is InChI=1S/C12H16N4O4S2/c1-8-12(9(2)16(3)14-8)22(19,20)15-10-4-6-11(7-5-10)21(13,17)18/h4-7,15H,1-3H3,(H2,13,17,18). The smallest absolute Gasteiger partial charge is 0.265 e. The highest BCUT2D eigenvalue weighted by molar-refractivity contribution is 7.92. The number of aryl methyl sites for hydroxylation is 2. The summed E-state index contributed by atoms with van der Waals surface area (Å²) in [6.45, 7) is 3.25. The number of hydrogen-bond acceptors (Lipinski definition) is 5. The molecule has 0 unspecified atom stereocenters. The maximum atomic E-state index is 12.4. The van der Waals surface area contributed by atoms with Crippen molar-refractivity contribution in [3.05, 3.63) is 35.7 Å². The molecule has 1 aromatic carbocycles. The molecular formula is C12H16N4O4S2. The molecule has 0 aliphatic heterocycles. The van der Waals surface area contributed by atoms with Crippen LogP contribution in [0.4, 0.5) is 5.69 Å². The molecule has 2 rings (SSSR count). The minimum Gasteiger partial charge on any atom is -0.280 e. The van der Waals surface area contributed by atoms with E-state index in [0.29, 0.717) is 11.4 Å². The second kappa shape index (κ2) is 5.38. The van der Waals surface area contributed by atoms with E-state index in [0.717, 1.165) is 0 Å². The Morgan fingerprint density at radius 3 is 2.05 bits per heavy atom. The van der Waals surface area contributed by atoms with Crippen LogP contribution < -0.4 is 9.86 Å². The first-order valence-corrected chi connectivity index (χ1v) is 9.21. The number of sulfonamides is 2. The maximum Gasteiger partial charge on any atom is 0.265 e. The van der Waals surface area contributed by atoms with Crippen molar-refractivity contribution in [2.75, 3.05) is 4.72 Å². The van der Waals surface area contributed by atoms with Crippen LogP contribution in [-0.2, 0) is 27.1 Å². The van der Waals surface area contributed by atoms with Crippen molar-refractivity contribution < 1.29 is 16.8 Å². The summed E-state index contributed by atoms with van der Waals surface area (Å²) in [6, 6.07) is 5.13. The van der Waals surface area contributed by atoms with Crippen LogP contribution in [0.25, 0.3) is 0 Å². The lowest BCUT2D eigenvalue weighted by Crippen LogP contribution is -2.15. The molecule has 1 heterocycles. The molecule has 0 saturated heterocycles. The molecule has 0 aliphatic rings. The summed E-state index contributed by atoms with van der Waals surface area (Å²) in [5.41, 5.74) is 1.12. The molecule has 1 aromatic heterocycles. The van der Waals surface area contributed by atoms with Gasteiger partial charge in [-0.1, -0.05) is 0 Å². The van der Waals surface area contributed by atoms with Gasteiger partial charge < -0.3 is 0 Å². The van der Waals surface area contributed by atoms with Gasteiger partial charge >= 0.3 is 0 Å². The molecule has 0 amide bonds. The zero-order valence-electron chi connectivity index (χ0n) is 12.2. The number of benzene rings is 1. The summed E-state index contributed by atoms with van der Waals surface area (Å²) in [4.78, 5) is 0.00899. The molecule has 22 heavy (non-hydrogen) atoms. The fourth-order valence-electron chi connectivity index (χ4n) is 2.06. The number of hydrogen-bond donors (Lipinski definition) is 2. The van der Waals surface area contributed by atoms with Crippen LogP contribution in [-0.4, -0.2) is 26.6 Å². The quantitative estimate of drug-likeness (QED) is 0.835. The average molecular weight is 344 g/mol. The van der Waals surface area contributed by atoms with Gasteiger partial charge in [0.1, 0.15) is 4.90 Å². The zero-order valence-corrected chi connectivity index (χ0v) is 13.9. The first-order valence-electron chi connectivity index (χ1n) is 6.18. The van der Waals surface area contributed by atoms with E-state index >= 15 is 0 Å². The number of nitrogens with zero attached hydrogens (tertiary/aromatic N) is 2. The third-order valence-electron chi connectivity index (χ3n) is 3.15. The topological polar surface area (TPSA) is 124 Å². The minimum atomic E-state index is -3.82. The lowest BCUT2D eigenvalue weighted by molar-refractivity contribution is 0.597. The van der Waals surface area contributed by atoms with Crippen molar-refractivity contribution in [2.24, 2.45) is 12.2 Å². The summed E-state index contributed by atoms with van der Waals surface area (Å²) >= 11 is 0. The first-order chi connectivity index (χ1) is 10.0. The lowest BCUT2D eigenvalue weighted by Gasteiger charge is -2.09.